The second-order valence-corrected chi connectivity index (χ2v) is 31.4. The van der Waals surface area contributed by atoms with Gasteiger partial charge in [0.25, 0.3) is 0 Å². The van der Waals surface area contributed by atoms with Crippen molar-refractivity contribution in [3.8, 4) is 158 Å². The van der Waals surface area contributed by atoms with Crippen LogP contribution in [0, 0.1) is 0 Å². The predicted octanol–water partition coefficient (Wildman–Crippen LogP) is 28.9. The van der Waals surface area contributed by atoms with Gasteiger partial charge in [-0.1, -0.05) is 382 Å². The molecule has 20 aromatic rings. The van der Waals surface area contributed by atoms with Gasteiger partial charge in [-0.3, -0.25) is 0 Å². The van der Waals surface area contributed by atoms with Gasteiger partial charge >= 0.3 is 0 Å². The maximum atomic E-state index is 6.81. The first-order chi connectivity index (χ1) is 59.4. The third-order valence-electron chi connectivity index (χ3n) is 24.7. The topological polar surface area (TPSA) is 70.0 Å². The fourth-order valence-electron chi connectivity index (χ4n) is 19.2. The van der Waals surface area contributed by atoms with E-state index in [4.69, 9.17) is 29.4 Å². The average molecular weight is 1530 g/mol. The Hall–Kier alpha value is -15.8. The van der Waals surface area contributed by atoms with Crippen molar-refractivity contribution in [1.29, 1.82) is 0 Å². The number of ether oxygens (including phenoxy) is 2. The smallest absolute Gasteiger partial charge is 0.160 e. The minimum absolute atomic E-state index is 0.475. The van der Waals surface area contributed by atoms with Crippen molar-refractivity contribution in [2.24, 2.45) is 0 Å². The van der Waals surface area contributed by atoms with Crippen molar-refractivity contribution in [3.05, 3.63) is 481 Å². The Morgan fingerprint density at radius 3 is 0.900 bits per heavy atom. The first kappa shape index (κ1) is 69.7. The fraction of sp³-hybridized carbons (Fsp3) is 0.0175. The number of hydrogen-bond acceptors (Lipinski definition) is 6. The molecule has 0 N–H and O–H groups in total. The molecule has 0 atom stereocenters. The summed E-state index contributed by atoms with van der Waals surface area (Å²) in [5, 5.41) is 4.92. The Morgan fingerprint density at radius 1 is 0.158 bits per heavy atom. The number of rotatable bonds is 10. The molecule has 0 radical (unpaired) electrons. The number of fused-ring (bicyclic) bond motifs is 21. The molecule has 0 bridgehead atoms. The molecule has 6 heteroatoms. The van der Waals surface area contributed by atoms with Crippen molar-refractivity contribution in [3.63, 3.8) is 0 Å². The van der Waals surface area contributed by atoms with Crippen LogP contribution in [0.2, 0.25) is 0 Å². The standard InChI is InChI=1S/C59H38N2O.C55H34N2O/c1-3-15-39(16-4-1)43-19-13-21-46(35-43)54-38-55(47-22-14-20-44(36-47)40-17-5-2-6-18-40)61-58(60-54)42-31-29-41(30-32-42)45-33-34-53-57(37-45)62-56-28-12-11-27-52(56)59(53)50-25-9-7-23-48(50)49-24-8-10-26-51(49)59;1-2-13-37(14-3-1)50-34-51(41-28-30-43-40(32-41)27-24-36-12-4-5-15-42(36)43)57-54(56-50)38-25-22-35(23-26-38)39-29-31-49-53(33-39)58-52-21-11-10-20-48(52)55(49)46-18-8-6-16-44(46)45-17-7-9-19-47(45)55/h1-38H;1-34H. The van der Waals surface area contributed by atoms with Crippen molar-refractivity contribution >= 4 is 21.5 Å². The maximum absolute atomic E-state index is 6.81. The normalized spacial score (nSPS) is 12.9. The third kappa shape index (κ3) is 11.5. The van der Waals surface area contributed by atoms with Crippen molar-refractivity contribution in [1.82, 2.24) is 19.9 Å². The fourth-order valence-corrected chi connectivity index (χ4v) is 19.2. The zero-order chi connectivity index (χ0) is 79.2. The van der Waals surface area contributed by atoms with Gasteiger partial charge in [0.15, 0.2) is 11.6 Å². The number of hydrogen-bond donors (Lipinski definition) is 0. The van der Waals surface area contributed by atoms with Gasteiger partial charge in [-0.25, -0.2) is 19.9 Å². The van der Waals surface area contributed by atoms with E-state index < -0.39 is 10.8 Å². The van der Waals surface area contributed by atoms with Crippen LogP contribution in [0.3, 0.4) is 0 Å². The quantitative estimate of drug-likeness (QED) is 0.127. The number of para-hydroxylation sites is 2. The van der Waals surface area contributed by atoms with Crippen molar-refractivity contribution < 1.29 is 9.47 Å². The van der Waals surface area contributed by atoms with Crippen LogP contribution in [-0.2, 0) is 10.8 Å². The molecule has 4 heterocycles. The summed E-state index contributed by atoms with van der Waals surface area (Å²) in [5.74, 6) is 4.87. The minimum Gasteiger partial charge on any atom is -0.457 e. The summed E-state index contributed by atoms with van der Waals surface area (Å²) in [5.41, 5.74) is 32.5. The summed E-state index contributed by atoms with van der Waals surface area (Å²) in [6.07, 6.45) is 0. The highest BCUT2D eigenvalue weighted by Gasteiger charge is 2.53. The van der Waals surface area contributed by atoms with Crippen molar-refractivity contribution in [2.45, 2.75) is 10.8 Å². The molecule has 6 nitrogen and oxygen atoms in total. The predicted molar refractivity (Wildman–Crippen MR) is 488 cm³/mol. The lowest BCUT2D eigenvalue weighted by Crippen LogP contribution is -2.32. The maximum Gasteiger partial charge on any atom is 0.160 e. The highest BCUT2D eigenvalue weighted by molar-refractivity contribution is 6.08. The van der Waals surface area contributed by atoms with Gasteiger partial charge in [0.2, 0.25) is 0 Å². The molecule has 4 aliphatic rings. The largest absolute Gasteiger partial charge is 0.457 e. The van der Waals surface area contributed by atoms with Crippen LogP contribution in [0.5, 0.6) is 23.0 Å². The number of benzene rings is 18. The highest BCUT2D eigenvalue weighted by atomic mass is 16.5. The van der Waals surface area contributed by atoms with Crippen LogP contribution in [0.25, 0.3) is 156 Å². The lowest BCUT2D eigenvalue weighted by atomic mass is 9.66. The van der Waals surface area contributed by atoms with Gasteiger partial charge in [0.1, 0.15) is 23.0 Å². The van der Waals surface area contributed by atoms with E-state index in [2.05, 4.69) is 419 Å². The SMILES string of the molecule is c1ccc(-c2cc(-c3ccc4c(ccc5ccccc54)c3)nc(-c3ccc(-c4ccc5c(c4)Oc4ccccc4C54c5ccccc5-c5ccccc54)cc3)n2)cc1.c1ccc(-c2cccc(-c3cc(-c4cccc(-c5ccccc5)c4)nc(-c4ccc(-c5ccc6c(c5)Oc5ccccc5C65c6ccccc6-c6ccccc65)cc4)n3)c2)cc1. The van der Waals surface area contributed by atoms with Crippen LogP contribution in [0.4, 0.5) is 0 Å². The zero-order valence-corrected chi connectivity index (χ0v) is 65.2. The Morgan fingerprint density at radius 2 is 0.450 bits per heavy atom. The Labute approximate surface area is 696 Å². The van der Waals surface area contributed by atoms with Gasteiger partial charge in [0.05, 0.1) is 33.6 Å². The first-order valence-electron chi connectivity index (χ1n) is 40.9. The van der Waals surface area contributed by atoms with Gasteiger partial charge < -0.3 is 9.47 Å². The molecule has 2 aromatic heterocycles. The van der Waals surface area contributed by atoms with Gasteiger partial charge in [-0.2, -0.15) is 0 Å². The summed E-state index contributed by atoms with van der Waals surface area (Å²) in [4.78, 5) is 20.8. The first-order valence-corrected chi connectivity index (χ1v) is 40.9. The lowest BCUT2D eigenvalue weighted by molar-refractivity contribution is 0.436. The number of nitrogens with zero attached hydrogens (tertiary/aromatic N) is 4. The molecule has 0 fully saturated rings. The summed E-state index contributed by atoms with van der Waals surface area (Å²) >= 11 is 0. The minimum atomic E-state index is -0.485. The molecular formula is C114H72N4O2. The van der Waals surface area contributed by atoms with E-state index in [0.717, 1.165) is 124 Å². The van der Waals surface area contributed by atoms with E-state index in [9.17, 15) is 0 Å². The molecule has 120 heavy (non-hydrogen) atoms. The lowest BCUT2D eigenvalue weighted by Gasteiger charge is -2.39. The molecule has 0 unspecified atom stereocenters. The molecule has 24 rings (SSSR count). The van der Waals surface area contributed by atoms with E-state index in [1.54, 1.807) is 0 Å². The van der Waals surface area contributed by atoms with Gasteiger partial charge in [-0.05, 0) is 165 Å². The van der Waals surface area contributed by atoms with Crippen LogP contribution >= 0.6 is 0 Å². The average Bonchev–Trinajstić information content (AvgIpc) is 1.51. The van der Waals surface area contributed by atoms with Crippen molar-refractivity contribution in [2.75, 3.05) is 0 Å². The molecule has 0 saturated heterocycles. The van der Waals surface area contributed by atoms with E-state index in [1.165, 1.54) is 88.3 Å². The molecule has 0 amide bonds. The summed E-state index contributed by atoms with van der Waals surface area (Å²) in [6, 6.07) is 155. The molecule has 0 saturated carbocycles. The molecule has 560 valence electrons. The van der Waals surface area contributed by atoms with Crippen LogP contribution < -0.4 is 9.47 Å². The van der Waals surface area contributed by atoms with E-state index >= 15 is 0 Å². The summed E-state index contributed by atoms with van der Waals surface area (Å²) in [6.45, 7) is 0. The Balaban J connectivity index is 0.000000140. The molecule has 18 aromatic carbocycles. The third-order valence-corrected chi connectivity index (χ3v) is 24.7. The van der Waals surface area contributed by atoms with Gasteiger partial charge in [0, 0.05) is 55.6 Å². The zero-order valence-electron chi connectivity index (χ0n) is 65.2. The van der Waals surface area contributed by atoms with Gasteiger partial charge in [-0.15, -0.1) is 0 Å². The van der Waals surface area contributed by atoms with E-state index in [1.807, 2.05) is 18.2 Å². The molecule has 2 aliphatic heterocycles. The number of aromatic nitrogens is 4. The van der Waals surface area contributed by atoms with Crippen LogP contribution in [0.1, 0.15) is 44.5 Å². The summed E-state index contributed by atoms with van der Waals surface area (Å²) < 4.78 is 13.6. The highest BCUT2D eigenvalue weighted by Crippen LogP contribution is 2.64. The molecule has 2 aliphatic carbocycles. The molecular weight excluding hydrogens is 1460 g/mol. The summed E-state index contributed by atoms with van der Waals surface area (Å²) in [7, 11) is 0. The Bertz CT molecular complexity index is 7270. The molecule has 2 spiro atoms. The van der Waals surface area contributed by atoms with E-state index in [0.29, 0.717) is 11.6 Å². The van der Waals surface area contributed by atoms with Crippen LogP contribution in [-0.4, -0.2) is 19.9 Å². The second kappa shape index (κ2) is 28.6. The van der Waals surface area contributed by atoms with Crippen LogP contribution in [0.15, 0.2) is 437 Å². The second-order valence-electron chi connectivity index (χ2n) is 31.4. The monoisotopic (exact) mass is 1530 g/mol. The Kier molecular flexibility index (Phi) is 16.6. The van der Waals surface area contributed by atoms with E-state index in [-0.39, 0.29) is 0 Å².